The van der Waals surface area contributed by atoms with E-state index in [4.69, 9.17) is 4.74 Å². The smallest absolute Gasteiger partial charge is 0.404 e. The lowest BCUT2D eigenvalue weighted by Crippen LogP contribution is -2.43. The number of halogens is 3. The Kier molecular flexibility index (Phi) is 8.54. The standard InChI is InChI=1S/C21H27F3N6O4S2/c1-5-14-8-7-13-9-15(25-27-20-28-26-18(35-20)19(31)34-6-2)16(10-17(13)30(14)12(3)4)29-36(32,33)11-21(22,23)24/h9-10,12,14,29H,5-8,11H2,1-4H3. The zero-order valence-electron chi connectivity index (χ0n) is 20.2. The van der Waals surface area contributed by atoms with Crippen LogP contribution in [0.1, 0.15) is 55.9 Å². The highest BCUT2D eigenvalue weighted by atomic mass is 32.2. The fourth-order valence-corrected chi connectivity index (χ4v) is 5.59. The second-order valence-corrected chi connectivity index (χ2v) is 11.1. The Bertz CT molecular complexity index is 1230. The lowest BCUT2D eigenvalue weighted by atomic mass is 9.92. The van der Waals surface area contributed by atoms with Crippen molar-refractivity contribution in [2.24, 2.45) is 10.2 Å². The molecule has 1 unspecified atom stereocenters. The number of nitrogens with zero attached hydrogens (tertiary/aromatic N) is 5. The highest BCUT2D eigenvalue weighted by Crippen LogP contribution is 2.41. The van der Waals surface area contributed by atoms with Crippen molar-refractivity contribution in [3.05, 3.63) is 22.7 Å². The van der Waals surface area contributed by atoms with Crippen LogP contribution in [0, 0.1) is 0 Å². The minimum absolute atomic E-state index is 0.00488. The van der Waals surface area contributed by atoms with Crippen molar-refractivity contribution in [2.45, 2.75) is 65.2 Å². The van der Waals surface area contributed by atoms with Gasteiger partial charge in [0.05, 0.1) is 12.3 Å². The summed E-state index contributed by atoms with van der Waals surface area (Å²) in [6.07, 6.45) is -2.53. The van der Waals surface area contributed by atoms with E-state index in [-0.39, 0.29) is 40.2 Å². The normalized spacial score (nSPS) is 16.4. The van der Waals surface area contributed by atoms with E-state index in [9.17, 15) is 26.4 Å². The predicted molar refractivity (Wildman–Crippen MR) is 130 cm³/mol. The maximum absolute atomic E-state index is 12.9. The van der Waals surface area contributed by atoms with Crippen molar-refractivity contribution in [1.29, 1.82) is 0 Å². The summed E-state index contributed by atoms with van der Waals surface area (Å²) in [6.45, 7) is 7.83. The second kappa shape index (κ2) is 11.1. The molecule has 0 spiro atoms. The maximum Gasteiger partial charge on any atom is 0.404 e. The molecule has 1 aromatic carbocycles. The van der Waals surface area contributed by atoms with Gasteiger partial charge < -0.3 is 9.64 Å². The lowest BCUT2D eigenvalue weighted by Gasteiger charge is -2.42. The van der Waals surface area contributed by atoms with E-state index >= 15 is 0 Å². The SMILES string of the molecule is CCOC(=O)c1nnc(N=Nc2cc3c(cc2NS(=O)(=O)CC(F)(F)F)N(C(C)C)C(CC)CC3)s1. The quantitative estimate of drug-likeness (QED) is 0.330. The first kappa shape index (κ1) is 27.8. The Labute approximate surface area is 211 Å². The molecular weight excluding hydrogens is 521 g/mol. The number of aryl methyl sites for hydroxylation is 1. The van der Waals surface area contributed by atoms with E-state index < -0.39 is 27.9 Å². The molecule has 1 N–H and O–H groups in total. The molecule has 1 aliphatic heterocycles. The van der Waals surface area contributed by atoms with Crippen LogP contribution in [0.15, 0.2) is 22.4 Å². The largest absolute Gasteiger partial charge is 0.461 e. The molecule has 0 aliphatic carbocycles. The summed E-state index contributed by atoms with van der Waals surface area (Å²) < 4.78 is 70.1. The van der Waals surface area contributed by atoms with Crippen LogP contribution in [0.2, 0.25) is 0 Å². The molecule has 0 amide bonds. The van der Waals surface area contributed by atoms with Crippen LogP contribution >= 0.6 is 11.3 Å². The number of benzene rings is 1. The molecule has 1 atom stereocenters. The van der Waals surface area contributed by atoms with E-state index in [1.54, 1.807) is 13.0 Å². The number of carbonyl (C=O) groups excluding carboxylic acids is 1. The number of hydrogen-bond acceptors (Lipinski definition) is 10. The molecule has 36 heavy (non-hydrogen) atoms. The summed E-state index contributed by atoms with van der Waals surface area (Å²) in [5.41, 5.74) is 1.48. The number of nitrogens with one attached hydrogen (secondary N) is 1. The van der Waals surface area contributed by atoms with Gasteiger partial charge in [-0.25, -0.2) is 13.2 Å². The van der Waals surface area contributed by atoms with Crippen molar-refractivity contribution in [1.82, 2.24) is 10.2 Å². The highest BCUT2D eigenvalue weighted by molar-refractivity contribution is 7.92. The molecule has 1 aromatic heterocycles. The first-order valence-corrected chi connectivity index (χ1v) is 13.7. The fourth-order valence-electron chi connectivity index (χ4n) is 4.03. The molecule has 0 fully saturated rings. The molecule has 0 radical (unpaired) electrons. The molecule has 0 saturated carbocycles. The number of aromatic nitrogens is 2. The molecule has 2 heterocycles. The number of esters is 1. The number of hydrogen-bond donors (Lipinski definition) is 1. The summed E-state index contributed by atoms with van der Waals surface area (Å²) in [6, 6.07) is 3.39. The van der Waals surface area contributed by atoms with E-state index in [1.807, 2.05) is 25.5 Å². The topological polar surface area (TPSA) is 126 Å². The number of alkyl halides is 3. The average Bonchev–Trinajstić information content (AvgIpc) is 3.24. The molecule has 0 saturated heterocycles. The van der Waals surface area contributed by atoms with Crippen molar-refractivity contribution < 1.29 is 31.1 Å². The van der Waals surface area contributed by atoms with Crippen molar-refractivity contribution in [3.8, 4) is 0 Å². The average molecular weight is 549 g/mol. The van der Waals surface area contributed by atoms with Crippen LogP contribution in [-0.4, -0.2) is 55.2 Å². The predicted octanol–water partition coefficient (Wildman–Crippen LogP) is 5.37. The Balaban J connectivity index is 2.04. The van der Waals surface area contributed by atoms with Gasteiger partial charge in [0.25, 0.3) is 5.13 Å². The Morgan fingerprint density at radius 3 is 2.61 bits per heavy atom. The molecular formula is C21H27F3N6O4S2. The van der Waals surface area contributed by atoms with Crippen LogP contribution in [0.5, 0.6) is 0 Å². The van der Waals surface area contributed by atoms with Crippen LogP contribution in [-0.2, 0) is 21.2 Å². The zero-order chi connectivity index (χ0) is 26.7. The number of carbonyl (C=O) groups is 1. The van der Waals surface area contributed by atoms with Crippen LogP contribution in [0.3, 0.4) is 0 Å². The zero-order valence-corrected chi connectivity index (χ0v) is 21.8. The number of azo groups is 1. The van der Waals surface area contributed by atoms with Gasteiger partial charge in [0.15, 0.2) is 5.75 Å². The van der Waals surface area contributed by atoms with Gasteiger partial charge in [-0.3, -0.25) is 4.72 Å². The van der Waals surface area contributed by atoms with E-state index in [1.165, 1.54) is 6.07 Å². The molecule has 198 valence electrons. The number of ether oxygens (including phenoxy) is 1. The Hall–Kier alpha value is -2.81. The minimum Gasteiger partial charge on any atom is -0.461 e. The Morgan fingerprint density at radius 1 is 1.28 bits per heavy atom. The molecule has 0 bridgehead atoms. The fraction of sp³-hybridized carbons (Fsp3) is 0.571. The number of rotatable bonds is 9. The molecule has 1 aliphatic rings. The van der Waals surface area contributed by atoms with Crippen LogP contribution < -0.4 is 9.62 Å². The van der Waals surface area contributed by atoms with Gasteiger partial charge in [0, 0.05) is 17.8 Å². The van der Waals surface area contributed by atoms with Gasteiger partial charge >= 0.3 is 12.1 Å². The summed E-state index contributed by atoms with van der Waals surface area (Å²) >= 11 is 0.811. The van der Waals surface area contributed by atoms with E-state index in [2.05, 4.69) is 25.3 Å². The monoisotopic (exact) mass is 548 g/mol. The van der Waals surface area contributed by atoms with Gasteiger partial charge in [-0.05, 0) is 57.7 Å². The lowest BCUT2D eigenvalue weighted by molar-refractivity contribution is -0.106. The third-order valence-electron chi connectivity index (χ3n) is 5.37. The van der Waals surface area contributed by atoms with Gasteiger partial charge in [0.2, 0.25) is 15.0 Å². The second-order valence-electron chi connectivity index (χ2n) is 8.39. The molecule has 10 nitrogen and oxygen atoms in total. The van der Waals surface area contributed by atoms with Gasteiger partial charge in [-0.2, -0.15) is 13.2 Å². The third kappa shape index (κ3) is 6.90. The number of anilines is 2. The summed E-state index contributed by atoms with van der Waals surface area (Å²) in [5.74, 6) is -2.72. The summed E-state index contributed by atoms with van der Waals surface area (Å²) in [4.78, 5) is 13.9. The van der Waals surface area contributed by atoms with Gasteiger partial charge in [0.1, 0.15) is 5.69 Å². The molecule has 3 rings (SSSR count). The number of fused-ring (bicyclic) bond motifs is 1. The number of sulfonamides is 1. The van der Waals surface area contributed by atoms with Gasteiger partial charge in [-0.15, -0.1) is 20.4 Å². The maximum atomic E-state index is 12.9. The minimum atomic E-state index is -4.92. The van der Waals surface area contributed by atoms with E-state index in [0.717, 1.165) is 35.4 Å². The molecule has 15 heteroatoms. The van der Waals surface area contributed by atoms with Crippen LogP contribution in [0.25, 0.3) is 0 Å². The van der Waals surface area contributed by atoms with Crippen LogP contribution in [0.4, 0.5) is 35.4 Å². The highest BCUT2D eigenvalue weighted by Gasteiger charge is 2.36. The molecule has 2 aromatic rings. The first-order chi connectivity index (χ1) is 16.8. The van der Waals surface area contributed by atoms with Crippen molar-refractivity contribution >= 4 is 49.5 Å². The van der Waals surface area contributed by atoms with Crippen molar-refractivity contribution in [3.63, 3.8) is 0 Å². The first-order valence-electron chi connectivity index (χ1n) is 11.3. The third-order valence-corrected chi connectivity index (χ3v) is 7.40. The Morgan fingerprint density at radius 2 is 2.00 bits per heavy atom. The van der Waals surface area contributed by atoms with E-state index in [0.29, 0.717) is 6.42 Å². The van der Waals surface area contributed by atoms with Gasteiger partial charge in [-0.1, -0.05) is 18.3 Å². The summed E-state index contributed by atoms with van der Waals surface area (Å²) in [7, 11) is -4.78. The summed E-state index contributed by atoms with van der Waals surface area (Å²) in [5, 5.41) is 15.4. The van der Waals surface area contributed by atoms with Crippen molar-refractivity contribution in [2.75, 3.05) is 22.0 Å².